The summed E-state index contributed by atoms with van der Waals surface area (Å²) in [4.78, 5) is 30.2. The van der Waals surface area contributed by atoms with Crippen LogP contribution in [0.2, 0.25) is 0 Å². The summed E-state index contributed by atoms with van der Waals surface area (Å²) in [6.45, 7) is 5.40. The van der Waals surface area contributed by atoms with Crippen LogP contribution in [-0.2, 0) is 17.6 Å². The van der Waals surface area contributed by atoms with Gasteiger partial charge in [-0.1, -0.05) is 13.8 Å². The Kier molecular flexibility index (Phi) is 6.99. The minimum absolute atomic E-state index is 0.0631. The molecule has 0 aliphatic heterocycles. The number of nitrogens with zero attached hydrogens (tertiary/aromatic N) is 2. The molecular weight excluding hydrogens is 328 g/mol. The molecule has 0 spiro atoms. The zero-order chi connectivity index (χ0) is 17.5. The van der Waals surface area contributed by atoms with Gasteiger partial charge in [-0.25, -0.2) is 9.78 Å². The summed E-state index contributed by atoms with van der Waals surface area (Å²) < 4.78 is 0. The van der Waals surface area contributed by atoms with E-state index >= 15 is 0 Å². The van der Waals surface area contributed by atoms with Crippen molar-refractivity contribution in [3.8, 4) is 0 Å². The summed E-state index contributed by atoms with van der Waals surface area (Å²) in [7, 11) is 0. The van der Waals surface area contributed by atoms with Crippen molar-refractivity contribution in [1.29, 1.82) is 0 Å². The fraction of sp³-hybridized carbons (Fsp3) is 0.688. The molecule has 2 amide bonds. The van der Waals surface area contributed by atoms with Gasteiger partial charge in [-0.2, -0.15) is 0 Å². The average molecular weight is 354 g/mol. The van der Waals surface area contributed by atoms with Crippen molar-refractivity contribution in [1.82, 2.24) is 20.5 Å². The lowest BCUT2D eigenvalue weighted by molar-refractivity contribution is -0.139. The Hall–Kier alpha value is -1.67. The van der Waals surface area contributed by atoms with E-state index < -0.39 is 5.97 Å². The molecule has 0 bridgehead atoms. The first-order chi connectivity index (χ1) is 11.5. The van der Waals surface area contributed by atoms with Crippen LogP contribution in [0, 0.1) is 0 Å². The summed E-state index contributed by atoms with van der Waals surface area (Å²) in [5.41, 5.74) is 0. The molecule has 7 nitrogen and oxygen atoms in total. The van der Waals surface area contributed by atoms with Crippen molar-refractivity contribution in [2.45, 2.75) is 51.6 Å². The summed E-state index contributed by atoms with van der Waals surface area (Å²) in [6, 6.07) is 0.218. The number of amides is 2. The molecular formula is C16H26N4O3S. The number of carbonyl (C=O) groups is 2. The predicted octanol–water partition coefficient (Wildman–Crippen LogP) is 1.48. The number of hydrogen-bond acceptors (Lipinski definition) is 5. The van der Waals surface area contributed by atoms with Gasteiger partial charge in [-0.3, -0.25) is 9.69 Å². The van der Waals surface area contributed by atoms with Gasteiger partial charge in [0.05, 0.1) is 11.6 Å². The number of hydrogen-bond donors (Lipinski definition) is 3. The van der Waals surface area contributed by atoms with Gasteiger partial charge in [0.1, 0.15) is 0 Å². The molecule has 24 heavy (non-hydrogen) atoms. The number of aliphatic carboxylic acids is 1. The van der Waals surface area contributed by atoms with E-state index in [-0.39, 0.29) is 24.7 Å². The van der Waals surface area contributed by atoms with Crippen LogP contribution in [-0.4, -0.2) is 58.7 Å². The van der Waals surface area contributed by atoms with E-state index in [1.807, 2.05) is 18.0 Å². The highest BCUT2D eigenvalue weighted by molar-refractivity contribution is 7.11. The smallest absolute Gasteiger partial charge is 0.317 e. The maximum absolute atomic E-state index is 11.9. The highest BCUT2D eigenvalue weighted by Gasteiger charge is 2.34. The van der Waals surface area contributed by atoms with Gasteiger partial charge in [0.15, 0.2) is 0 Å². The number of carbonyl (C=O) groups excluding carboxylic acids is 1. The van der Waals surface area contributed by atoms with E-state index in [1.54, 1.807) is 11.3 Å². The van der Waals surface area contributed by atoms with Crippen LogP contribution < -0.4 is 10.6 Å². The van der Waals surface area contributed by atoms with Gasteiger partial charge in [0.25, 0.3) is 0 Å². The summed E-state index contributed by atoms with van der Waals surface area (Å²) in [6.07, 6.45) is 5.24. The molecule has 0 atom stereocenters. The number of thiazole rings is 1. The quantitative estimate of drug-likeness (QED) is 0.624. The second-order valence-corrected chi connectivity index (χ2v) is 7.20. The first-order valence-electron chi connectivity index (χ1n) is 8.45. The van der Waals surface area contributed by atoms with Crippen LogP contribution in [0.3, 0.4) is 0 Å². The lowest BCUT2D eigenvalue weighted by Gasteiger charge is -2.42. The van der Waals surface area contributed by atoms with E-state index in [9.17, 15) is 9.59 Å². The highest BCUT2D eigenvalue weighted by Crippen LogP contribution is 2.25. The molecule has 3 N–H and O–H groups in total. The van der Waals surface area contributed by atoms with Crippen LogP contribution in [0.5, 0.6) is 0 Å². The van der Waals surface area contributed by atoms with E-state index in [2.05, 4.69) is 22.5 Å². The minimum Gasteiger partial charge on any atom is -0.480 e. The Balaban J connectivity index is 1.61. The number of carboxylic acid groups (broad SMARTS) is 1. The van der Waals surface area contributed by atoms with Gasteiger partial charge in [-0.05, 0) is 25.8 Å². The van der Waals surface area contributed by atoms with Crippen LogP contribution in [0.1, 0.15) is 36.6 Å². The normalized spacial score (nSPS) is 19.8. The second-order valence-electron chi connectivity index (χ2n) is 6.00. The Morgan fingerprint density at radius 2 is 2.17 bits per heavy atom. The first-order valence-corrected chi connectivity index (χ1v) is 9.27. The Morgan fingerprint density at radius 3 is 2.75 bits per heavy atom. The number of aryl methyl sites for hydroxylation is 1. The molecule has 1 aliphatic carbocycles. The van der Waals surface area contributed by atoms with Gasteiger partial charge >= 0.3 is 12.0 Å². The molecule has 1 aromatic heterocycles. The molecule has 1 fully saturated rings. The van der Waals surface area contributed by atoms with Crippen molar-refractivity contribution < 1.29 is 14.7 Å². The molecule has 2 rings (SSSR count). The SMILES string of the molecule is CCc1cnc(CCNC(=O)NC2CC(N(CC)CC(=O)O)C2)s1. The number of rotatable bonds is 9. The van der Waals surface area contributed by atoms with Crippen molar-refractivity contribution in [2.24, 2.45) is 0 Å². The topological polar surface area (TPSA) is 94.6 Å². The van der Waals surface area contributed by atoms with Gasteiger partial charge in [-0.15, -0.1) is 11.3 Å². The monoisotopic (exact) mass is 354 g/mol. The van der Waals surface area contributed by atoms with Gasteiger partial charge in [0.2, 0.25) is 0 Å². The largest absolute Gasteiger partial charge is 0.480 e. The molecule has 0 aromatic carbocycles. The Bertz CT molecular complexity index is 557. The lowest BCUT2D eigenvalue weighted by Crippen LogP contribution is -2.56. The van der Waals surface area contributed by atoms with E-state index in [0.717, 1.165) is 30.7 Å². The van der Waals surface area contributed by atoms with Gasteiger partial charge < -0.3 is 15.7 Å². The van der Waals surface area contributed by atoms with Crippen LogP contribution in [0.25, 0.3) is 0 Å². The zero-order valence-electron chi connectivity index (χ0n) is 14.2. The van der Waals surface area contributed by atoms with Crippen molar-refractivity contribution in [2.75, 3.05) is 19.6 Å². The zero-order valence-corrected chi connectivity index (χ0v) is 15.1. The van der Waals surface area contributed by atoms with E-state index in [4.69, 9.17) is 5.11 Å². The molecule has 1 saturated carbocycles. The molecule has 0 saturated heterocycles. The van der Waals surface area contributed by atoms with E-state index in [1.165, 1.54) is 4.88 Å². The maximum atomic E-state index is 11.9. The van der Waals surface area contributed by atoms with Crippen LogP contribution in [0.4, 0.5) is 4.79 Å². The lowest BCUT2D eigenvalue weighted by atomic mass is 9.85. The van der Waals surface area contributed by atoms with Crippen molar-refractivity contribution >= 4 is 23.3 Å². The fourth-order valence-electron chi connectivity index (χ4n) is 2.82. The van der Waals surface area contributed by atoms with E-state index in [0.29, 0.717) is 13.1 Å². The third kappa shape index (κ3) is 5.45. The third-order valence-electron chi connectivity index (χ3n) is 4.28. The molecule has 1 heterocycles. The Morgan fingerprint density at radius 1 is 1.42 bits per heavy atom. The van der Waals surface area contributed by atoms with Crippen molar-refractivity contribution in [3.05, 3.63) is 16.1 Å². The minimum atomic E-state index is -0.806. The number of urea groups is 1. The predicted molar refractivity (Wildman–Crippen MR) is 93.4 cm³/mol. The summed E-state index contributed by atoms with van der Waals surface area (Å²) in [5.74, 6) is -0.806. The second kappa shape index (κ2) is 8.98. The standard InChI is InChI=1S/C16H26N4O3S/c1-3-13-9-18-14(24-13)5-6-17-16(23)19-11-7-12(8-11)20(4-2)10-15(21)22/h9,11-12H,3-8,10H2,1-2H3,(H,21,22)(H2,17,19,23). The summed E-state index contributed by atoms with van der Waals surface area (Å²) >= 11 is 1.69. The number of likely N-dealkylation sites (N-methyl/N-ethyl adjacent to an activating group) is 1. The molecule has 1 aromatic rings. The van der Waals surface area contributed by atoms with Crippen LogP contribution in [0.15, 0.2) is 6.20 Å². The highest BCUT2D eigenvalue weighted by atomic mass is 32.1. The first kappa shape index (κ1) is 18.7. The van der Waals surface area contributed by atoms with Crippen molar-refractivity contribution in [3.63, 3.8) is 0 Å². The van der Waals surface area contributed by atoms with Crippen LogP contribution >= 0.6 is 11.3 Å². The summed E-state index contributed by atoms with van der Waals surface area (Å²) in [5, 5.41) is 15.7. The molecule has 0 radical (unpaired) electrons. The average Bonchev–Trinajstić information content (AvgIpc) is 2.96. The number of nitrogens with one attached hydrogen (secondary N) is 2. The molecule has 134 valence electrons. The molecule has 0 unspecified atom stereocenters. The molecule has 1 aliphatic rings. The fourth-order valence-corrected chi connectivity index (χ4v) is 3.69. The Labute approximate surface area is 146 Å². The molecule has 8 heteroatoms. The number of aromatic nitrogens is 1. The van der Waals surface area contributed by atoms with Gasteiger partial charge in [0, 0.05) is 36.1 Å². The maximum Gasteiger partial charge on any atom is 0.317 e. The third-order valence-corrected chi connectivity index (χ3v) is 5.49. The number of carboxylic acids is 1.